The molecule has 0 bridgehead atoms. The molecular formula is C16H12ClN5O3. The molecule has 1 N–H and O–H groups in total. The van der Waals surface area contributed by atoms with E-state index in [1.807, 2.05) is 0 Å². The number of carbonyl (C=O) groups excluding carboxylic acids is 1. The summed E-state index contributed by atoms with van der Waals surface area (Å²) in [5.41, 5.74) is 1.78. The minimum atomic E-state index is -0.238. The van der Waals surface area contributed by atoms with E-state index in [2.05, 4.69) is 20.6 Å². The van der Waals surface area contributed by atoms with Crippen molar-refractivity contribution in [3.05, 3.63) is 41.4 Å². The summed E-state index contributed by atoms with van der Waals surface area (Å²) in [6.45, 7) is -0.0791. The van der Waals surface area contributed by atoms with Crippen molar-refractivity contribution in [3.8, 4) is 22.9 Å². The molecule has 0 saturated heterocycles. The molecule has 0 unspecified atom stereocenters. The standard InChI is InChI=1S/C16H12ClN5O3/c1-24-13-5-3-10(17)7-12(13)22-11-6-9(16-18-20-21-19-16)2-4-14(11)25-8-15(22)23/h2-7H,8H2,1H3,(H,18,19,20,21). The SMILES string of the molecule is COc1ccc(Cl)cc1N1C(=O)COc2ccc(-c3nn[nH]n3)cc21. The average Bonchev–Trinajstić information content (AvgIpc) is 3.16. The van der Waals surface area contributed by atoms with Crippen molar-refractivity contribution >= 4 is 28.9 Å². The van der Waals surface area contributed by atoms with Gasteiger partial charge < -0.3 is 9.47 Å². The van der Waals surface area contributed by atoms with Crippen molar-refractivity contribution in [1.82, 2.24) is 20.6 Å². The van der Waals surface area contributed by atoms with Gasteiger partial charge in [0.1, 0.15) is 11.5 Å². The lowest BCUT2D eigenvalue weighted by Crippen LogP contribution is -2.35. The molecule has 1 aliphatic rings. The number of methoxy groups -OCH3 is 1. The normalized spacial score (nSPS) is 13.4. The highest BCUT2D eigenvalue weighted by atomic mass is 35.5. The highest BCUT2D eigenvalue weighted by Crippen LogP contribution is 2.43. The highest BCUT2D eigenvalue weighted by molar-refractivity contribution is 6.31. The molecule has 126 valence electrons. The van der Waals surface area contributed by atoms with Gasteiger partial charge in [-0.1, -0.05) is 11.6 Å². The lowest BCUT2D eigenvalue weighted by atomic mass is 10.1. The number of anilines is 2. The van der Waals surface area contributed by atoms with Crippen LogP contribution in [-0.4, -0.2) is 40.2 Å². The van der Waals surface area contributed by atoms with E-state index in [1.54, 1.807) is 36.4 Å². The van der Waals surface area contributed by atoms with Gasteiger partial charge in [-0.15, -0.1) is 10.2 Å². The molecule has 2 heterocycles. The summed E-state index contributed by atoms with van der Waals surface area (Å²) in [6, 6.07) is 10.4. The Morgan fingerprint density at radius 3 is 2.88 bits per heavy atom. The van der Waals surface area contributed by atoms with Crippen LogP contribution in [0.4, 0.5) is 11.4 Å². The fourth-order valence-electron chi connectivity index (χ4n) is 2.68. The number of fused-ring (bicyclic) bond motifs is 1. The monoisotopic (exact) mass is 357 g/mol. The summed E-state index contributed by atoms with van der Waals surface area (Å²) in [7, 11) is 1.54. The van der Waals surface area contributed by atoms with Crippen LogP contribution >= 0.6 is 11.6 Å². The van der Waals surface area contributed by atoms with Crippen molar-refractivity contribution in [2.24, 2.45) is 0 Å². The number of nitrogens with one attached hydrogen (secondary N) is 1. The Labute approximate surface area is 147 Å². The molecule has 0 saturated carbocycles. The number of aromatic nitrogens is 4. The van der Waals surface area contributed by atoms with Gasteiger partial charge in [0.2, 0.25) is 5.82 Å². The lowest BCUT2D eigenvalue weighted by Gasteiger charge is -2.30. The molecule has 0 radical (unpaired) electrons. The molecule has 4 rings (SSSR count). The molecule has 0 aliphatic carbocycles. The first-order valence-corrected chi connectivity index (χ1v) is 7.72. The van der Waals surface area contributed by atoms with Gasteiger partial charge >= 0.3 is 0 Å². The number of rotatable bonds is 3. The minimum absolute atomic E-state index is 0.0791. The van der Waals surface area contributed by atoms with Crippen molar-refractivity contribution in [2.75, 3.05) is 18.6 Å². The van der Waals surface area contributed by atoms with Crippen LogP contribution in [0.1, 0.15) is 0 Å². The molecule has 1 amide bonds. The van der Waals surface area contributed by atoms with E-state index in [0.29, 0.717) is 39.3 Å². The van der Waals surface area contributed by atoms with Gasteiger partial charge in [-0.25, -0.2) is 0 Å². The zero-order valence-electron chi connectivity index (χ0n) is 13.1. The number of ether oxygens (including phenoxy) is 2. The van der Waals surface area contributed by atoms with Gasteiger partial charge in [0.05, 0.1) is 18.5 Å². The Bertz CT molecular complexity index is 945. The number of aromatic amines is 1. The molecule has 1 aliphatic heterocycles. The maximum absolute atomic E-state index is 12.6. The second-order valence-corrected chi connectivity index (χ2v) is 5.69. The predicted octanol–water partition coefficient (Wildman–Crippen LogP) is 2.59. The van der Waals surface area contributed by atoms with Gasteiger partial charge in [-0.3, -0.25) is 9.69 Å². The lowest BCUT2D eigenvalue weighted by molar-refractivity contribution is -0.120. The quantitative estimate of drug-likeness (QED) is 0.774. The molecule has 1 aromatic heterocycles. The van der Waals surface area contributed by atoms with Crippen molar-refractivity contribution in [2.45, 2.75) is 0 Å². The van der Waals surface area contributed by atoms with E-state index in [4.69, 9.17) is 21.1 Å². The summed E-state index contributed by atoms with van der Waals surface area (Å²) in [5.74, 6) is 1.27. The largest absolute Gasteiger partial charge is 0.495 e. The molecule has 3 aromatic rings. The number of hydrogen-bond donors (Lipinski definition) is 1. The second kappa shape index (κ2) is 6.06. The van der Waals surface area contributed by atoms with Crippen LogP contribution in [0.3, 0.4) is 0 Å². The zero-order valence-corrected chi connectivity index (χ0v) is 13.8. The molecular weight excluding hydrogens is 346 g/mol. The number of nitrogens with zero attached hydrogens (tertiary/aromatic N) is 4. The smallest absolute Gasteiger partial charge is 0.269 e. The van der Waals surface area contributed by atoms with E-state index in [9.17, 15) is 4.79 Å². The Hall–Kier alpha value is -3.13. The highest BCUT2D eigenvalue weighted by Gasteiger charge is 2.30. The number of hydrogen-bond acceptors (Lipinski definition) is 6. The third-order valence-electron chi connectivity index (χ3n) is 3.79. The maximum atomic E-state index is 12.6. The van der Waals surface area contributed by atoms with Gasteiger partial charge in [0, 0.05) is 10.6 Å². The van der Waals surface area contributed by atoms with Gasteiger partial charge in [0.15, 0.2) is 6.61 Å². The van der Waals surface area contributed by atoms with Crippen LogP contribution in [-0.2, 0) is 4.79 Å². The Morgan fingerprint density at radius 1 is 1.24 bits per heavy atom. The first kappa shape index (κ1) is 15.4. The average molecular weight is 358 g/mol. The van der Waals surface area contributed by atoms with E-state index in [-0.39, 0.29) is 12.5 Å². The van der Waals surface area contributed by atoms with Crippen LogP contribution < -0.4 is 14.4 Å². The van der Waals surface area contributed by atoms with Crippen LogP contribution in [0.2, 0.25) is 5.02 Å². The first-order valence-electron chi connectivity index (χ1n) is 7.34. The molecule has 8 nitrogen and oxygen atoms in total. The van der Waals surface area contributed by atoms with E-state index < -0.39 is 0 Å². The number of H-pyrrole nitrogens is 1. The van der Waals surface area contributed by atoms with Crippen molar-refractivity contribution in [3.63, 3.8) is 0 Å². The van der Waals surface area contributed by atoms with Crippen LogP contribution in [0, 0.1) is 0 Å². The second-order valence-electron chi connectivity index (χ2n) is 5.25. The van der Waals surface area contributed by atoms with Crippen LogP contribution in [0.5, 0.6) is 11.5 Å². The number of tetrazole rings is 1. The fourth-order valence-corrected chi connectivity index (χ4v) is 2.84. The van der Waals surface area contributed by atoms with Crippen LogP contribution in [0.25, 0.3) is 11.4 Å². The minimum Gasteiger partial charge on any atom is -0.495 e. The summed E-state index contributed by atoms with van der Waals surface area (Å²) in [5, 5.41) is 14.4. The topological polar surface area (TPSA) is 93.2 Å². The Kier molecular flexibility index (Phi) is 3.73. The number of amides is 1. The van der Waals surface area contributed by atoms with Crippen molar-refractivity contribution in [1.29, 1.82) is 0 Å². The van der Waals surface area contributed by atoms with E-state index >= 15 is 0 Å². The third kappa shape index (κ3) is 2.66. The van der Waals surface area contributed by atoms with Gasteiger partial charge in [-0.05, 0) is 41.6 Å². The number of benzene rings is 2. The Morgan fingerprint density at radius 2 is 2.12 bits per heavy atom. The van der Waals surface area contributed by atoms with Gasteiger partial charge in [0.25, 0.3) is 5.91 Å². The molecule has 25 heavy (non-hydrogen) atoms. The molecule has 0 fully saturated rings. The summed E-state index contributed by atoms with van der Waals surface area (Å²) in [6.07, 6.45) is 0. The van der Waals surface area contributed by atoms with E-state index in [1.165, 1.54) is 12.0 Å². The van der Waals surface area contributed by atoms with Crippen molar-refractivity contribution < 1.29 is 14.3 Å². The first-order chi connectivity index (χ1) is 12.2. The molecule has 0 atom stereocenters. The third-order valence-corrected chi connectivity index (χ3v) is 4.02. The fraction of sp³-hybridized carbons (Fsp3) is 0.125. The van der Waals surface area contributed by atoms with E-state index in [0.717, 1.165) is 0 Å². The molecule has 0 spiro atoms. The van der Waals surface area contributed by atoms with Crippen LogP contribution in [0.15, 0.2) is 36.4 Å². The zero-order chi connectivity index (χ0) is 17.4. The Balaban J connectivity index is 1.89. The summed E-state index contributed by atoms with van der Waals surface area (Å²) < 4.78 is 10.9. The summed E-state index contributed by atoms with van der Waals surface area (Å²) >= 11 is 6.12. The predicted molar refractivity (Wildman–Crippen MR) is 90.3 cm³/mol. The number of halogens is 1. The molecule has 9 heteroatoms. The molecule has 2 aromatic carbocycles. The summed E-state index contributed by atoms with van der Waals surface area (Å²) in [4.78, 5) is 14.1. The van der Waals surface area contributed by atoms with Gasteiger partial charge in [-0.2, -0.15) is 5.21 Å². The maximum Gasteiger partial charge on any atom is 0.269 e. The number of carbonyl (C=O) groups is 1.